The average molecular weight is 890 g/mol. The van der Waals surface area contributed by atoms with Crippen molar-refractivity contribution in [2.75, 3.05) is 5.32 Å². The zero-order valence-electron chi connectivity index (χ0n) is 28.9. The second-order valence-electron chi connectivity index (χ2n) is 11.7. The van der Waals surface area contributed by atoms with Crippen LogP contribution in [0, 0.1) is 6.92 Å². The SMILES string of the molecule is Cc1cc(Nc2nc(Cl)[nH]c(=Nc3cc(S(=O)(=O)O)ccc3S(=O)(=O)O)n2)ccc1N=Nc1ccc(N=Nc2ccccc2S(=O)(=O)O)c2cc(S(=O)(=O)O)ccc12. The Labute approximate surface area is 333 Å². The number of nitrogens with one attached hydrogen (secondary N) is 2. The molecule has 0 fully saturated rings. The fourth-order valence-corrected chi connectivity index (χ4v) is 7.54. The second-order valence-corrected chi connectivity index (χ2v) is 17.7. The van der Waals surface area contributed by atoms with Crippen molar-refractivity contribution in [3.63, 3.8) is 0 Å². The van der Waals surface area contributed by atoms with Gasteiger partial charge in [-0.2, -0.15) is 48.8 Å². The molecule has 26 heteroatoms. The van der Waals surface area contributed by atoms with Gasteiger partial charge in [-0.25, -0.2) is 4.99 Å². The second kappa shape index (κ2) is 15.8. The monoisotopic (exact) mass is 889 g/mol. The lowest BCUT2D eigenvalue weighted by Crippen LogP contribution is -2.16. The molecule has 0 radical (unpaired) electrons. The van der Waals surface area contributed by atoms with Gasteiger partial charge in [0.2, 0.25) is 16.9 Å². The molecule has 21 nitrogen and oxygen atoms in total. The number of rotatable bonds is 11. The molecular weight excluding hydrogens is 866 g/mol. The van der Waals surface area contributed by atoms with Gasteiger partial charge in [-0.05, 0) is 96.9 Å². The van der Waals surface area contributed by atoms with Crippen LogP contribution in [0.5, 0.6) is 0 Å². The minimum absolute atomic E-state index is 0.0542. The first-order chi connectivity index (χ1) is 27.1. The van der Waals surface area contributed by atoms with Crippen molar-refractivity contribution in [1.82, 2.24) is 15.0 Å². The number of aryl methyl sites for hydroxylation is 1. The summed E-state index contributed by atoms with van der Waals surface area (Å²) in [7, 11) is -19.0. The quantitative estimate of drug-likeness (QED) is 0.0581. The first kappa shape index (κ1) is 41.7. The van der Waals surface area contributed by atoms with Crippen LogP contribution in [-0.4, -0.2) is 66.8 Å². The third-order valence-corrected chi connectivity index (χ3v) is 11.4. The Hall–Kier alpha value is -5.90. The first-order valence-corrected chi connectivity index (χ1v) is 21.8. The van der Waals surface area contributed by atoms with E-state index in [2.05, 4.69) is 45.7 Å². The van der Waals surface area contributed by atoms with Crippen LogP contribution in [0.3, 0.4) is 0 Å². The highest BCUT2D eigenvalue weighted by atomic mass is 35.5. The smallest absolute Gasteiger partial charge is 0.296 e. The maximum Gasteiger partial charge on any atom is 0.296 e. The molecular formula is C32H24ClN9O12S4. The highest BCUT2D eigenvalue weighted by Gasteiger charge is 2.20. The highest BCUT2D eigenvalue weighted by Crippen LogP contribution is 2.38. The molecule has 0 spiro atoms. The number of H-pyrrole nitrogens is 1. The number of hydrogen-bond acceptors (Lipinski definition) is 16. The van der Waals surface area contributed by atoms with Crippen LogP contribution in [-0.2, 0) is 40.5 Å². The summed E-state index contributed by atoms with van der Waals surface area (Å²) in [5.41, 5.74) is 0.425. The Morgan fingerprint density at radius 2 is 1.12 bits per heavy atom. The van der Waals surface area contributed by atoms with E-state index in [0.717, 1.165) is 30.3 Å². The minimum atomic E-state index is -4.91. The minimum Gasteiger partial charge on any atom is -0.324 e. The molecule has 0 saturated carbocycles. The van der Waals surface area contributed by atoms with Crippen LogP contribution in [0.15, 0.2) is 136 Å². The number of aromatic nitrogens is 3. The lowest BCUT2D eigenvalue weighted by atomic mass is 10.1. The molecule has 6 rings (SSSR count). The predicted molar refractivity (Wildman–Crippen MR) is 206 cm³/mol. The van der Waals surface area contributed by atoms with Crippen molar-refractivity contribution in [3.05, 3.63) is 107 Å². The molecule has 5 aromatic carbocycles. The van der Waals surface area contributed by atoms with Crippen molar-refractivity contribution in [1.29, 1.82) is 0 Å². The van der Waals surface area contributed by atoms with E-state index < -0.39 is 65.7 Å². The molecule has 0 aliphatic carbocycles. The molecule has 1 heterocycles. The number of nitrogens with zero attached hydrogens (tertiary/aromatic N) is 7. The molecule has 0 amide bonds. The van der Waals surface area contributed by atoms with Gasteiger partial charge in [0.1, 0.15) is 15.5 Å². The summed E-state index contributed by atoms with van der Waals surface area (Å²) in [6, 6.07) is 18.7. The van der Waals surface area contributed by atoms with Crippen molar-refractivity contribution in [2.45, 2.75) is 26.5 Å². The normalized spacial score (nSPS) is 13.2. The Kier molecular flexibility index (Phi) is 11.4. The van der Waals surface area contributed by atoms with Gasteiger partial charge in [-0.1, -0.05) is 18.2 Å². The van der Waals surface area contributed by atoms with Gasteiger partial charge < -0.3 is 5.32 Å². The molecule has 6 N–H and O–H groups in total. The number of benzene rings is 5. The fourth-order valence-electron chi connectivity index (χ4n) is 5.13. The van der Waals surface area contributed by atoms with Crippen LogP contribution < -0.4 is 10.9 Å². The topological polar surface area (TPSA) is 333 Å². The Balaban J connectivity index is 1.31. The van der Waals surface area contributed by atoms with Gasteiger partial charge >= 0.3 is 0 Å². The van der Waals surface area contributed by atoms with Gasteiger partial charge in [0.25, 0.3) is 40.5 Å². The van der Waals surface area contributed by atoms with Gasteiger partial charge in [-0.15, -0.1) is 15.3 Å². The maximum absolute atomic E-state index is 12.0. The summed E-state index contributed by atoms with van der Waals surface area (Å²) >= 11 is 6.10. The fraction of sp³-hybridized carbons (Fsp3) is 0.0312. The number of azo groups is 2. The van der Waals surface area contributed by atoms with Crippen molar-refractivity contribution >= 4 is 103 Å². The number of hydrogen-bond donors (Lipinski definition) is 6. The number of fused-ring (bicyclic) bond motifs is 1. The van der Waals surface area contributed by atoms with E-state index in [1.807, 2.05) is 0 Å². The molecule has 0 atom stereocenters. The van der Waals surface area contributed by atoms with E-state index in [4.69, 9.17) is 11.6 Å². The summed E-state index contributed by atoms with van der Waals surface area (Å²) < 4.78 is 133. The van der Waals surface area contributed by atoms with Gasteiger partial charge in [0.15, 0.2) is 0 Å². The number of aromatic amines is 1. The molecule has 0 bridgehead atoms. The van der Waals surface area contributed by atoms with Gasteiger partial charge in [0.05, 0.1) is 32.5 Å². The molecule has 6 aromatic rings. The lowest BCUT2D eigenvalue weighted by molar-refractivity contribution is 0.478. The lowest BCUT2D eigenvalue weighted by Gasteiger charge is -2.09. The van der Waals surface area contributed by atoms with Crippen LogP contribution in [0.1, 0.15) is 5.56 Å². The Morgan fingerprint density at radius 3 is 1.76 bits per heavy atom. The summed E-state index contributed by atoms with van der Waals surface area (Å²) in [6.07, 6.45) is 0. The van der Waals surface area contributed by atoms with E-state index in [1.165, 1.54) is 36.4 Å². The standard InChI is InChI=1S/C32H24ClN9O12S4/c1-17-14-18(34-31-36-30(33)37-32(38-31)35-27-16-20(56(46,47)48)8-13-29(27)58(52,53)54)6-10-23(17)39-40-24-11-12-25(22-15-19(55(43,44)45)7-9-21(22)24)41-42-26-4-2-3-5-28(26)57(49,50)51/h2-16H,1H3,(H,43,44,45)(H,46,47,48)(H,49,50,51)(H,52,53,54)(H2,34,35,36,37,38). The van der Waals surface area contributed by atoms with E-state index in [1.54, 1.807) is 25.1 Å². The Morgan fingerprint density at radius 1 is 0.569 bits per heavy atom. The van der Waals surface area contributed by atoms with Gasteiger partial charge in [0, 0.05) is 16.5 Å². The van der Waals surface area contributed by atoms with Crippen molar-refractivity contribution < 1.29 is 51.9 Å². The van der Waals surface area contributed by atoms with E-state index in [-0.39, 0.29) is 39.3 Å². The van der Waals surface area contributed by atoms with Crippen LogP contribution in [0.2, 0.25) is 5.28 Å². The van der Waals surface area contributed by atoms with Crippen molar-refractivity contribution in [3.8, 4) is 0 Å². The summed E-state index contributed by atoms with van der Waals surface area (Å²) in [4.78, 5) is 12.0. The highest BCUT2D eigenvalue weighted by molar-refractivity contribution is 7.86. The number of halogens is 1. The molecule has 0 aliphatic heterocycles. The van der Waals surface area contributed by atoms with E-state index in [0.29, 0.717) is 28.4 Å². The van der Waals surface area contributed by atoms with Crippen LogP contribution in [0.4, 0.5) is 40.1 Å². The molecule has 300 valence electrons. The maximum atomic E-state index is 12.0. The summed E-state index contributed by atoms with van der Waals surface area (Å²) in [5, 5.41) is 19.7. The van der Waals surface area contributed by atoms with Gasteiger partial charge in [-0.3, -0.25) is 23.2 Å². The molecule has 0 unspecified atom stereocenters. The third kappa shape index (κ3) is 9.79. The predicted octanol–water partition coefficient (Wildman–Crippen LogP) is 6.71. The van der Waals surface area contributed by atoms with E-state index >= 15 is 0 Å². The number of anilines is 2. The summed E-state index contributed by atoms with van der Waals surface area (Å²) in [6.45, 7) is 1.69. The van der Waals surface area contributed by atoms with Crippen LogP contribution >= 0.6 is 11.6 Å². The van der Waals surface area contributed by atoms with Crippen molar-refractivity contribution in [2.24, 2.45) is 25.4 Å². The first-order valence-electron chi connectivity index (χ1n) is 15.7. The summed E-state index contributed by atoms with van der Waals surface area (Å²) in [5.74, 6) is -0.162. The zero-order valence-corrected chi connectivity index (χ0v) is 32.9. The zero-order chi connectivity index (χ0) is 42.2. The van der Waals surface area contributed by atoms with E-state index in [9.17, 15) is 51.9 Å². The average Bonchev–Trinajstić information content (AvgIpc) is 3.12. The molecule has 1 aromatic heterocycles. The molecule has 0 saturated heterocycles. The Bertz CT molecular complexity index is 3250. The van der Waals surface area contributed by atoms with Crippen LogP contribution in [0.25, 0.3) is 10.8 Å². The third-order valence-electron chi connectivity index (χ3n) is 7.73. The molecule has 0 aliphatic rings. The molecule has 58 heavy (non-hydrogen) atoms. The largest absolute Gasteiger partial charge is 0.324 e.